The smallest absolute Gasteiger partial charge is 0.307 e. The molecule has 0 amide bonds. The van der Waals surface area contributed by atoms with Crippen LogP contribution in [0, 0.1) is 5.92 Å². The molecule has 112 valence electrons. The molecule has 0 aliphatic carbocycles. The van der Waals surface area contributed by atoms with Crippen molar-refractivity contribution < 1.29 is 18.3 Å². The number of nitrogens with one attached hydrogen (secondary N) is 2. The van der Waals surface area contributed by atoms with Crippen molar-refractivity contribution in [3.05, 3.63) is 18.0 Å². The maximum Gasteiger partial charge on any atom is 0.307 e. The number of H-pyrrole nitrogens is 1. The van der Waals surface area contributed by atoms with Crippen molar-refractivity contribution in [1.29, 1.82) is 0 Å². The summed E-state index contributed by atoms with van der Waals surface area (Å²) in [6.07, 6.45) is 4.23. The fraction of sp³-hybridized carbons (Fsp3) is 0.636. The van der Waals surface area contributed by atoms with Gasteiger partial charge in [0.25, 0.3) is 10.2 Å². The third-order valence-electron chi connectivity index (χ3n) is 3.42. The van der Waals surface area contributed by atoms with E-state index in [-0.39, 0.29) is 6.54 Å². The summed E-state index contributed by atoms with van der Waals surface area (Å²) < 4.78 is 28.2. The molecule has 2 heterocycles. The van der Waals surface area contributed by atoms with Crippen molar-refractivity contribution in [3.63, 3.8) is 0 Å². The molecule has 1 aromatic rings. The Hall–Kier alpha value is -1.45. The molecule has 0 bridgehead atoms. The first-order valence-electron chi connectivity index (χ1n) is 6.39. The molecule has 0 aromatic carbocycles. The Kier molecular flexibility index (Phi) is 4.41. The topological polar surface area (TPSA) is 115 Å². The number of hydrogen-bond donors (Lipinski definition) is 3. The second-order valence-corrected chi connectivity index (χ2v) is 6.61. The number of aromatic amines is 1. The van der Waals surface area contributed by atoms with Crippen LogP contribution in [0.3, 0.4) is 0 Å². The lowest BCUT2D eigenvalue weighted by Crippen LogP contribution is -2.47. The number of carboxylic acids is 1. The summed E-state index contributed by atoms with van der Waals surface area (Å²) in [5.41, 5.74) is 0.723. The number of piperidine rings is 1. The molecule has 3 N–H and O–H groups in total. The molecule has 8 nitrogen and oxygen atoms in total. The molecular formula is C11H18N4O4S. The highest BCUT2D eigenvalue weighted by Gasteiger charge is 2.33. The molecule has 1 fully saturated rings. The van der Waals surface area contributed by atoms with Gasteiger partial charge in [0, 0.05) is 30.9 Å². The third kappa shape index (κ3) is 3.35. The molecule has 1 aliphatic heterocycles. The summed E-state index contributed by atoms with van der Waals surface area (Å²) in [4.78, 5) is 11.0. The SMILES string of the molecule is CC(NS(=O)(=O)N1CCCC(C(=O)O)C1)c1cn[nH]c1. The zero-order valence-electron chi connectivity index (χ0n) is 11.1. The number of nitrogens with zero attached hydrogens (tertiary/aromatic N) is 2. The Morgan fingerprint density at radius 2 is 2.40 bits per heavy atom. The van der Waals surface area contributed by atoms with Crippen LogP contribution in [0.4, 0.5) is 0 Å². The second kappa shape index (κ2) is 5.90. The summed E-state index contributed by atoms with van der Waals surface area (Å²) in [7, 11) is -3.70. The van der Waals surface area contributed by atoms with E-state index in [4.69, 9.17) is 5.11 Å². The van der Waals surface area contributed by atoms with Gasteiger partial charge in [-0.05, 0) is 19.8 Å². The van der Waals surface area contributed by atoms with Gasteiger partial charge in [0.15, 0.2) is 0 Å². The highest BCUT2D eigenvalue weighted by atomic mass is 32.2. The van der Waals surface area contributed by atoms with Crippen LogP contribution < -0.4 is 4.72 Å². The first-order valence-corrected chi connectivity index (χ1v) is 7.83. The van der Waals surface area contributed by atoms with Gasteiger partial charge in [0.1, 0.15) is 0 Å². The molecular weight excluding hydrogens is 284 g/mol. The lowest BCUT2D eigenvalue weighted by Gasteiger charge is -2.30. The highest BCUT2D eigenvalue weighted by Crippen LogP contribution is 2.20. The number of rotatable bonds is 5. The lowest BCUT2D eigenvalue weighted by atomic mass is 10.0. The van der Waals surface area contributed by atoms with Gasteiger partial charge in [0.05, 0.1) is 12.1 Å². The van der Waals surface area contributed by atoms with Crippen LogP contribution in [0.2, 0.25) is 0 Å². The average molecular weight is 302 g/mol. The highest BCUT2D eigenvalue weighted by molar-refractivity contribution is 7.87. The summed E-state index contributed by atoms with van der Waals surface area (Å²) in [5, 5.41) is 15.4. The van der Waals surface area contributed by atoms with E-state index in [1.807, 2.05) is 0 Å². The molecule has 2 rings (SSSR count). The number of carboxylic acid groups (broad SMARTS) is 1. The molecule has 2 atom stereocenters. The monoisotopic (exact) mass is 302 g/mol. The zero-order chi connectivity index (χ0) is 14.8. The lowest BCUT2D eigenvalue weighted by molar-refractivity contribution is -0.142. The van der Waals surface area contributed by atoms with Crippen LogP contribution in [-0.4, -0.2) is 47.1 Å². The van der Waals surface area contributed by atoms with Gasteiger partial charge < -0.3 is 5.11 Å². The van der Waals surface area contributed by atoms with Gasteiger partial charge in [-0.25, -0.2) is 0 Å². The van der Waals surface area contributed by atoms with Crippen LogP contribution >= 0.6 is 0 Å². The van der Waals surface area contributed by atoms with Crippen LogP contribution in [0.25, 0.3) is 0 Å². The van der Waals surface area contributed by atoms with E-state index in [0.717, 1.165) is 5.56 Å². The van der Waals surface area contributed by atoms with Crippen molar-refractivity contribution >= 4 is 16.2 Å². The molecule has 1 aromatic heterocycles. The van der Waals surface area contributed by atoms with Gasteiger partial charge in [-0.2, -0.15) is 22.5 Å². The van der Waals surface area contributed by atoms with Crippen molar-refractivity contribution in [2.75, 3.05) is 13.1 Å². The Morgan fingerprint density at radius 1 is 1.65 bits per heavy atom. The second-order valence-electron chi connectivity index (χ2n) is 4.91. The standard InChI is InChI=1S/C11H18N4O4S/c1-8(10-5-12-13-6-10)14-20(18,19)15-4-2-3-9(7-15)11(16)17/h5-6,8-9,14H,2-4,7H2,1H3,(H,12,13)(H,16,17). The fourth-order valence-electron chi connectivity index (χ4n) is 2.23. The molecule has 9 heteroatoms. The third-order valence-corrected chi connectivity index (χ3v) is 5.08. The van der Waals surface area contributed by atoms with Crippen molar-refractivity contribution in [2.24, 2.45) is 5.92 Å². The molecule has 20 heavy (non-hydrogen) atoms. The Balaban J connectivity index is 2.04. The molecule has 2 unspecified atom stereocenters. The number of hydrogen-bond acceptors (Lipinski definition) is 4. The average Bonchev–Trinajstić information content (AvgIpc) is 2.92. The Morgan fingerprint density at radius 3 is 3.00 bits per heavy atom. The van der Waals surface area contributed by atoms with E-state index in [1.165, 1.54) is 4.31 Å². The van der Waals surface area contributed by atoms with E-state index >= 15 is 0 Å². The van der Waals surface area contributed by atoms with Gasteiger partial charge in [0.2, 0.25) is 0 Å². The predicted octanol–water partition coefficient (Wildman–Crippen LogP) is 0.102. The quantitative estimate of drug-likeness (QED) is 0.713. The number of aliphatic carboxylic acids is 1. The molecule has 1 aliphatic rings. The Labute approximate surface area is 117 Å². The summed E-state index contributed by atoms with van der Waals surface area (Å²) >= 11 is 0. The normalized spacial score (nSPS) is 22.6. The van der Waals surface area contributed by atoms with Crippen molar-refractivity contribution in [1.82, 2.24) is 19.2 Å². The zero-order valence-corrected chi connectivity index (χ0v) is 11.9. The Bertz CT molecular complexity index is 557. The van der Waals surface area contributed by atoms with Crippen LogP contribution in [0.1, 0.15) is 31.4 Å². The number of aromatic nitrogens is 2. The summed E-state index contributed by atoms with van der Waals surface area (Å²) in [6.45, 7) is 2.07. The first kappa shape index (κ1) is 14.9. The molecule has 0 spiro atoms. The maximum absolute atomic E-state index is 12.3. The minimum absolute atomic E-state index is 0.0166. The molecule has 1 saturated heterocycles. The van der Waals surface area contributed by atoms with E-state index in [1.54, 1.807) is 19.3 Å². The number of carbonyl (C=O) groups is 1. The molecule has 0 saturated carbocycles. The van der Waals surface area contributed by atoms with Crippen LogP contribution in [-0.2, 0) is 15.0 Å². The van der Waals surface area contributed by atoms with Gasteiger partial charge >= 0.3 is 5.97 Å². The molecule has 0 radical (unpaired) electrons. The summed E-state index contributed by atoms with van der Waals surface area (Å²) in [6, 6.07) is -0.427. The maximum atomic E-state index is 12.3. The van der Waals surface area contributed by atoms with Gasteiger partial charge in [-0.1, -0.05) is 0 Å². The van der Waals surface area contributed by atoms with Gasteiger partial charge in [-0.3, -0.25) is 9.89 Å². The first-order chi connectivity index (χ1) is 9.40. The summed E-state index contributed by atoms with van der Waals surface area (Å²) in [5.74, 6) is -1.59. The van der Waals surface area contributed by atoms with Crippen LogP contribution in [0.5, 0.6) is 0 Å². The van der Waals surface area contributed by atoms with Gasteiger partial charge in [-0.15, -0.1) is 0 Å². The minimum Gasteiger partial charge on any atom is -0.481 e. The van der Waals surface area contributed by atoms with E-state index in [2.05, 4.69) is 14.9 Å². The van der Waals surface area contributed by atoms with Crippen LogP contribution in [0.15, 0.2) is 12.4 Å². The van der Waals surface area contributed by atoms with Crippen molar-refractivity contribution in [2.45, 2.75) is 25.8 Å². The van der Waals surface area contributed by atoms with Crippen molar-refractivity contribution in [3.8, 4) is 0 Å². The van der Waals surface area contributed by atoms with E-state index < -0.39 is 28.1 Å². The van der Waals surface area contributed by atoms with E-state index in [9.17, 15) is 13.2 Å². The predicted molar refractivity (Wildman–Crippen MR) is 71.0 cm³/mol. The van der Waals surface area contributed by atoms with E-state index in [0.29, 0.717) is 19.4 Å². The fourth-order valence-corrected chi connectivity index (χ4v) is 3.70. The minimum atomic E-state index is -3.70. The largest absolute Gasteiger partial charge is 0.481 e.